The Morgan fingerprint density at radius 1 is 1.41 bits per heavy atom. The van der Waals surface area contributed by atoms with Gasteiger partial charge in [-0.15, -0.1) is 5.10 Å². The molecule has 0 spiro atoms. The number of nitrogens with zero attached hydrogens (tertiary/aromatic N) is 4. The predicted octanol–water partition coefficient (Wildman–Crippen LogP) is 0.764. The van der Waals surface area contributed by atoms with Crippen molar-refractivity contribution in [3.8, 4) is 0 Å². The molecule has 1 saturated carbocycles. The quantitative estimate of drug-likeness (QED) is 0.850. The summed E-state index contributed by atoms with van der Waals surface area (Å²) in [6, 6.07) is 5.43. The van der Waals surface area contributed by atoms with Crippen LogP contribution in [0.1, 0.15) is 35.4 Å². The highest BCUT2D eigenvalue weighted by Crippen LogP contribution is 2.27. The molecule has 0 aliphatic heterocycles. The molecule has 1 amide bonds. The van der Waals surface area contributed by atoms with Crippen molar-refractivity contribution in [2.75, 3.05) is 0 Å². The molecule has 2 N–H and O–H groups in total. The Bertz CT molecular complexity index is 628. The van der Waals surface area contributed by atoms with Crippen LogP contribution in [0.25, 0.3) is 0 Å². The summed E-state index contributed by atoms with van der Waals surface area (Å²) in [6.07, 6.45) is 6.45. The zero-order valence-electron chi connectivity index (χ0n) is 12.2. The van der Waals surface area contributed by atoms with Gasteiger partial charge in [0.2, 0.25) is 0 Å². The Balaban J connectivity index is 1.62. The van der Waals surface area contributed by atoms with Gasteiger partial charge in [0.25, 0.3) is 5.91 Å². The molecule has 1 fully saturated rings. The number of aromatic nitrogens is 4. The van der Waals surface area contributed by atoms with Gasteiger partial charge < -0.3 is 10.4 Å². The summed E-state index contributed by atoms with van der Waals surface area (Å²) in [4.78, 5) is 16.3. The van der Waals surface area contributed by atoms with Crippen LogP contribution in [0, 0.1) is 5.92 Å². The minimum absolute atomic E-state index is 0.107. The molecular formula is C15H19N5O2. The van der Waals surface area contributed by atoms with Crippen molar-refractivity contribution in [2.24, 2.45) is 5.92 Å². The Morgan fingerprint density at radius 3 is 3.05 bits per heavy atom. The Hall–Kier alpha value is -2.28. The fourth-order valence-electron chi connectivity index (χ4n) is 2.93. The van der Waals surface area contributed by atoms with E-state index in [0.29, 0.717) is 23.9 Å². The zero-order chi connectivity index (χ0) is 15.4. The molecule has 2 aromatic heterocycles. The Morgan fingerprint density at radius 2 is 2.32 bits per heavy atom. The second-order valence-corrected chi connectivity index (χ2v) is 5.58. The molecule has 0 bridgehead atoms. The smallest absolute Gasteiger partial charge is 0.270 e. The van der Waals surface area contributed by atoms with E-state index in [1.54, 1.807) is 35.3 Å². The number of carbonyl (C=O) groups excluding carboxylic acids is 1. The minimum atomic E-state index is -0.132. The van der Waals surface area contributed by atoms with E-state index in [-0.39, 0.29) is 18.6 Å². The second-order valence-electron chi connectivity index (χ2n) is 5.58. The van der Waals surface area contributed by atoms with E-state index >= 15 is 0 Å². The lowest BCUT2D eigenvalue weighted by molar-refractivity contribution is 0.0920. The Labute approximate surface area is 128 Å². The molecule has 22 heavy (non-hydrogen) atoms. The number of hydrogen-bond acceptors (Lipinski definition) is 5. The first-order chi connectivity index (χ1) is 10.8. The summed E-state index contributed by atoms with van der Waals surface area (Å²) in [5.74, 6) is 0.188. The highest BCUT2D eigenvalue weighted by molar-refractivity contribution is 5.92. The van der Waals surface area contributed by atoms with Crippen LogP contribution in [0.4, 0.5) is 0 Å². The van der Waals surface area contributed by atoms with Crippen LogP contribution in [-0.2, 0) is 13.2 Å². The summed E-state index contributed by atoms with van der Waals surface area (Å²) in [7, 11) is 0. The first-order valence-electron chi connectivity index (χ1n) is 7.48. The minimum Gasteiger partial charge on any atom is -0.390 e. The van der Waals surface area contributed by atoms with Crippen molar-refractivity contribution in [1.29, 1.82) is 0 Å². The summed E-state index contributed by atoms with van der Waals surface area (Å²) in [6.45, 7) is 0.588. The van der Waals surface area contributed by atoms with Crippen molar-refractivity contribution in [2.45, 2.75) is 38.5 Å². The van der Waals surface area contributed by atoms with E-state index in [1.165, 1.54) is 0 Å². The molecule has 0 aromatic carbocycles. The van der Waals surface area contributed by atoms with E-state index < -0.39 is 0 Å². The zero-order valence-corrected chi connectivity index (χ0v) is 12.2. The van der Waals surface area contributed by atoms with Gasteiger partial charge in [0.05, 0.1) is 12.8 Å². The summed E-state index contributed by atoms with van der Waals surface area (Å²) in [5.41, 5.74) is 1.00. The van der Waals surface area contributed by atoms with Crippen LogP contribution in [-0.4, -0.2) is 37.0 Å². The standard InChI is InChI=1S/C15H19N5O2/c21-10-12-9-20(19-18-12)8-11-4-3-6-13(11)17-15(22)14-5-1-2-7-16-14/h1-2,5,7,9,11,13,21H,3-4,6,8,10H2,(H,17,22)/t11-,13-/m0/s1. The second kappa shape index (κ2) is 6.65. The first kappa shape index (κ1) is 14.6. The number of rotatable bonds is 5. The largest absolute Gasteiger partial charge is 0.390 e. The van der Waals surface area contributed by atoms with Gasteiger partial charge in [-0.25, -0.2) is 0 Å². The van der Waals surface area contributed by atoms with Gasteiger partial charge in [0.15, 0.2) is 0 Å². The third kappa shape index (κ3) is 3.30. The van der Waals surface area contributed by atoms with Gasteiger partial charge >= 0.3 is 0 Å². The van der Waals surface area contributed by atoms with E-state index in [0.717, 1.165) is 19.3 Å². The third-order valence-electron chi connectivity index (χ3n) is 4.04. The number of aliphatic hydroxyl groups excluding tert-OH is 1. The normalized spacial score (nSPS) is 21.0. The van der Waals surface area contributed by atoms with Gasteiger partial charge in [0, 0.05) is 18.8 Å². The van der Waals surface area contributed by atoms with Crippen molar-refractivity contribution in [1.82, 2.24) is 25.3 Å². The van der Waals surface area contributed by atoms with E-state index in [4.69, 9.17) is 5.11 Å². The average molecular weight is 301 g/mol. The summed E-state index contributed by atoms with van der Waals surface area (Å²) >= 11 is 0. The van der Waals surface area contributed by atoms with Gasteiger partial charge in [-0.05, 0) is 30.9 Å². The molecule has 1 aliphatic rings. The third-order valence-corrected chi connectivity index (χ3v) is 4.04. The molecule has 7 heteroatoms. The maximum atomic E-state index is 12.2. The molecular weight excluding hydrogens is 282 g/mol. The average Bonchev–Trinajstić information content (AvgIpc) is 3.18. The maximum absolute atomic E-state index is 12.2. The molecule has 0 radical (unpaired) electrons. The SMILES string of the molecule is O=C(N[C@H]1CCC[C@H]1Cn1cc(CO)nn1)c1ccccn1. The van der Waals surface area contributed by atoms with E-state index in [2.05, 4.69) is 20.6 Å². The van der Waals surface area contributed by atoms with Crippen LogP contribution >= 0.6 is 0 Å². The molecule has 1 aliphatic carbocycles. The lowest BCUT2D eigenvalue weighted by Gasteiger charge is -2.20. The molecule has 2 heterocycles. The van der Waals surface area contributed by atoms with Crippen LogP contribution in [0.5, 0.6) is 0 Å². The summed E-state index contributed by atoms with van der Waals surface area (Å²) in [5, 5.41) is 20.0. The number of pyridine rings is 1. The predicted molar refractivity (Wildman–Crippen MR) is 78.8 cm³/mol. The van der Waals surface area contributed by atoms with Crippen LogP contribution in [0.15, 0.2) is 30.6 Å². The molecule has 2 atom stereocenters. The van der Waals surface area contributed by atoms with Gasteiger partial charge in [-0.2, -0.15) is 0 Å². The molecule has 0 saturated heterocycles. The lowest BCUT2D eigenvalue weighted by Crippen LogP contribution is -2.39. The first-order valence-corrected chi connectivity index (χ1v) is 7.48. The van der Waals surface area contributed by atoms with Crippen molar-refractivity contribution >= 4 is 5.91 Å². The van der Waals surface area contributed by atoms with Gasteiger partial charge in [0.1, 0.15) is 11.4 Å². The maximum Gasteiger partial charge on any atom is 0.270 e. The Kier molecular flexibility index (Phi) is 4.43. The van der Waals surface area contributed by atoms with Crippen LogP contribution < -0.4 is 5.32 Å². The number of carbonyl (C=O) groups is 1. The fourth-order valence-corrected chi connectivity index (χ4v) is 2.93. The molecule has 3 rings (SSSR count). The van der Waals surface area contributed by atoms with Crippen molar-refractivity contribution in [3.63, 3.8) is 0 Å². The van der Waals surface area contributed by atoms with Crippen LogP contribution in [0.2, 0.25) is 0 Å². The lowest BCUT2D eigenvalue weighted by atomic mass is 10.0. The van der Waals surface area contributed by atoms with Crippen LogP contribution in [0.3, 0.4) is 0 Å². The van der Waals surface area contributed by atoms with Crippen molar-refractivity contribution < 1.29 is 9.90 Å². The number of nitrogens with one attached hydrogen (secondary N) is 1. The highest BCUT2D eigenvalue weighted by Gasteiger charge is 2.29. The molecule has 7 nitrogen and oxygen atoms in total. The van der Waals surface area contributed by atoms with Gasteiger partial charge in [-0.1, -0.05) is 17.7 Å². The molecule has 0 unspecified atom stereocenters. The topological polar surface area (TPSA) is 92.9 Å². The van der Waals surface area contributed by atoms with Crippen molar-refractivity contribution in [3.05, 3.63) is 42.0 Å². The highest BCUT2D eigenvalue weighted by atomic mass is 16.3. The summed E-state index contributed by atoms with van der Waals surface area (Å²) < 4.78 is 1.74. The number of hydrogen-bond donors (Lipinski definition) is 2. The monoisotopic (exact) mass is 301 g/mol. The number of aliphatic hydroxyl groups is 1. The molecule has 116 valence electrons. The van der Waals surface area contributed by atoms with E-state index in [1.807, 2.05) is 0 Å². The number of amides is 1. The fraction of sp³-hybridized carbons (Fsp3) is 0.467. The van der Waals surface area contributed by atoms with Gasteiger partial charge in [-0.3, -0.25) is 14.5 Å². The molecule has 2 aromatic rings. The van der Waals surface area contributed by atoms with E-state index in [9.17, 15) is 4.79 Å².